The van der Waals surface area contributed by atoms with Crippen LogP contribution in [0, 0.1) is 5.41 Å². The van der Waals surface area contributed by atoms with Crippen molar-refractivity contribution in [3.05, 3.63) is 29.8 Å². The van der Waals surface area contributed by atoms with Crippen LogP contribution in [0.4, 0.5) is 0 Å². The fourth-order valence-corrected chi connectivity index (χ4v) is 2.86. The molecule has 110 valence electrons. The fourth-order valence-electron chi connectivity index (χ4n) is 2.86. The van der Waals surface area contributed by atoms with Crippen LogP contribution in [0.1, 0.15) is 44.2 Å². The Hall–Kier alpha value is -1.55. The molecule has 1 saturated carbocycles. The molecule has 1 fully saturated rings. The lowest BCUT2D eigenvalue weighted by Crippen LogP contribution is -2.42. The SMILES string of the molecule is COc1ccccc1C(C)NC(=O)CC1(CN)CCC1. The Morgan fingerprint density at radius 3 is 2.70 bits per heavy atom. The molecule has 0 aliphatic heterocycles. The highest BCUT2D eigenvalue weighted by Crippen LogP contribution is 2.43. The molecule has 1 atom stereocenters. The van der Waals surface area contributed by atoms with E-state index in [0.717, 1.165) is 24.2 Å². The summed E-state index contributed by atoms with van der Waals surface area (Å²) in [5.41, 5.74) is 6.85. The summed E-state index contributed by atoms with van der Waals surface area (Å²) in [7, 11) is 1.64. The second-order valence-electron chi connectivity index (χ2n) is 5.77. The first-order chi connectivity index (χ1) is 9.60. The molecule has 1 aliphatic rings. The molecule has 4 heteroatoms. The van der Waals surface area contributed by atoms with Crippen LogP contribution in [-0.2, 0) is 4.79 Å². The zero-order valence-corrected chi connectivity index (χ0v) is 12.3. The van der Waals surface area contributed by atoms with E-state index in [0.29, 0.717) is 13.0 Å². The minimum Gasteiger partial charge on any atom is -0.496 e. The average molecular weight is 276 g/mol. The molecule has 4 nitrogen and oxygen atoms in total. The van der Waals surface area contributed by atoms with E-state index >= 15 is 0 Å². The lowest BCUT2D eigenvalue weighted by Gasteiger charge is -2.40. The Morgan fingerprint density at radius 1 is 1.45 bits per heavy atom. The molecular formula is C16H24N2O2. The van der Waals surface area contributed by atoms with Crippen molar-refractivity contribution >= 4 is 5.91 Å². The molecule has 0 aromatic heterocycles. The largest absolute Gasteiger partial charge is 0.496 e. The van der Waals surface area contributed by atoms with Crippen molar-refractivity contribution in [1.82, 2.24) is 5.32 Å². The van der Waals surface area contributed by atoms with Crippen molar-refractivity contribution in [3.8, 4) is 5.75 Å². The Balaban J connectivity index is 1.97. The number of rotatable bonds is 6. The van der Waals surface area contributed by atoms with Gasteiger partial charge in [-0.3, -0.25) is 4.79 Å². The number of carbonyl (C=O) groups is 1. The fraction of sp³-hybridized carbons (Fsp3) is 0.562. The molecule has 3 N–H and O–H groups in total. The van der Waals surface area contributed by atoms with Crippen molar-refractivity contribution < 1.29 is 9.53 Å². The highest BCUT2D eigenvalue weighted by molar-refractivity contribution is 5.77. The van der Waals surface area contributed by atoms with Gasteiger partial charge in [-0.05, 0) is 37.8 Å². The molecule has 1 aromatic carbocycles. The van der Waals surface area contributed by atoms with Gasteiger partial charge in [0.1, 0.15) is 5.75 Å². The number of hydrogen-bond donors (Lipinski definition) is 2. The van der Waals surface area contributed by atoms with Gasteiger partial charge in [0.2, 0.25) is 5.91 Å². The van der Waals surface area contributed by atoms with Crippen molar-refractivity contribution in [2.45, 2.75) is 38.6 Å². The minimum atomic E-state index is -0.0615. The predicted octanol–water partition coefficient (Wildman–Crippen LogP) is 2.39. The Labute approximate surface area is 120 Å². The number of para-hydroxylation sites is 1. The third-order valence-corrected chi connectivity index (χ3v) is 4.37. The quantitative estimate of drug-likeness (QED) is 0.838. The summed E-state index contributed by atoms with van der Waals surface area (Å²) in [5.74, 6) is 0.881. The van der Waals surface area contributed by atoms with Gasteiger partial charge in [0.15, 0.2) is 0 Å². The van der Waals surface area contributed by atoms with Crippen molar-refractivity contribution in [1.29, 1.82) is 0 Å². The Kier molecular flexibility index (Phi) is 4.65. The topological polar surface area (TPSA) is 64.3 Å². The summed E-state index contributed by atoms with van der Waals surface area (Å²) < 4.78 is 5.33. The van der Waals surface area contributed by atoms with Crippen molar-refractivity contribution in [3.63, 3.8) is 0 Å². The average Bonchev–Trinajstić information content (AvgIpc) is 2.42. The Morgan fingerprint density at radius 2 is 2.15 bits per heavy atom. The molecule has 0 heterocycles. The first-order valence-corrected chi connectivity index (χ1v) is 7.22. The molecule has 0 bridgehead atoms. The highest BCUT2D eigenvalue weighted by atomic mass is 16.5. The summed E-state index contributed by atoms with van der Waals surface area (Å²) in [4.78, 5) is 12.2. The molecule has 1 aromatic rings. The van der Waals surface area contributed by atoms with E-state index in [4.69, 9.17) is 10.5 Å². The maximum atomic E-state index is 12.2. The van der Waals surface area contributed by atoms with Crippen LogP contribution >= 0.6 is 0 Å². The zero-order chi connectivity index (χ0) is 14.6. The number of methoxy groups -OCH3 is 1. The van der Waals surface area contributed by atoms with Gasteiger partial charge in [-0.15, -0.1) is 0 Å². The molecule has 1 amide bonds. The summed E-state index contributed by atoms with van der Waals surface area (Å²) in [6, 6.07) is 7.70. The van der Waals surface area contributed by atoms with Crippen molar-refractivity contribution in [2.24, 2.45) is 11.1 Å². The van der Waals surface area contributed by atoms with Crippen LogP contribution < -0.4 is 15.8 Å². The van der Waals surface area contributed by atoms with Crippen molar-refractivity contribution in [2.75, 3.05) is 13.7 Å². The molecular weight excluding hydrogens is 252 g/mol. The Bertz CT molecular complexity index is 464. The number of amides is 1. The van der Waals surface area contributed by atoms with Crippen LogP contribution in [0.25, 0.3) is 0 Å². The van der Waals surface area contributed by atoms with Crippen LogP contribution in [0.2, 0.25) is 0 Å². The molecule has 1 unspecified atom stereocenters. The van der Waals surface area contributed by atoms with Gasteiger partial charge in [0.05, 0.1) is 13.2 Å². The second kappa shape index (κ2) is 6.27. The van der Waals surface area contributed by atoms with E-state index in [1.807, 2.05) is 31.2 Å². The highest BCUT2D eigenvalue weighted by Gasteiger charge is 2.37. The molecule has 1 aliphatic carbocycles. The van der Waals surface area contributed by atoms with Crippen LogP contribution in [0.15, 0.2) is 24.3 Å². The molecule has 0 radical (unpaired) electrons. The van der Waals surface area contributed by atoms with Gasteiger partial charge in [-0.2, -0.15) is 0 Å². The maximum Gasteiger partial charge on any atom is 0.221 e. The number of carbonyl (C=O) groups excluding carboxylic acids is 1. The maximum absolute atomic E-state index is 12.2. The molecule has 20 heavy (non-hydrogen) atoms. The summed E-state index contributed by atoms with van der Waals surface area (Å²) in [5, 5.41) is 3.05. The number of hydrogen-bond acceptors (Lipinski definition) is 3. The van der Waals surface area contributed by atoms with E-state index in [1.165, 1.54) is 6.42 Å². The first kappa shape index (κ1) is 14.9. The predicted molar refractivity (Wildman–Crippen MR) is 79.5 cm³/mol. The molecule has 2 rings (SSSR count). The minimum absolute atomic E-state index is 0.0462. The van der Waals surface area contributed by atoms with E-state index in [-0.39, 0.29) is 17.4 Å². The normalized spacial score (nSPS) is 17.9. The second-order valence-corrected chi connectivity index (χ2v) is 5.77. The van der Waals surface area contributed by atoms with Gasteiger partial charge < -0.3 is 15.8 Å². The number of benzene rings is 1. The standard InChI is InChI=1S/C16H24N2O2/c1-12(13-6-3-4-7-14(13)20-2)18-15(19)10-16(11-17)8-5-9-16/h3-4,6-7,12H,5,8-11,17H2,1-2H3,(H,18,19). The van der Waals surface area contributed by atoms with Gasteiger partial charge in [-0.1, -0.05) is 24.6 Å². The summed E-state index contributed by atoms with van der Waals surface area (Å²) in [6.07, 6.45) is 3.86. The van der Waals surface area contributed by atoms with Gasteiger partial charge in [-0.25, -0.2) is 0 Å². The van der Waals surface area contributed by atoms with Crippen LogP contribution in [-0.4, -0.2) is 19.6 Å². The van der Waals surface area contributed by atoms with Crippen LogP contribution in [0.5, 0.6) is 5.75 Å². The third-order valence-electron chi connectivity index (χ3n) is 4.37. The number of ether oxygens (including phenoxy) is 1. The molecule has 0 saturated heterocycles. The van der Waals surface area contributed by atoms with Gasteiger partial charge in [0.25, 0.3) is 0 Å². The van der Waals surface area contributed by atoms with E-state index < -0.39 is 0 Å². The van der Waals surface area contributed by atoms with Gasteiger partial charge >= 0.3 is 0 Å². The lowest BCUT2D eigenvalue weighted by molar-refractivity contribution is -0.125. The monoisotopic (exact) mass is 276 g/mol. The lowest BCUT2D eigenvalue weighted by atomic mass is 9.66. The number of nitrogens with one attached hydrogen (secondary N) is 1. The smallest absolute Gasteiger partial charge is 0.221 e. The molecule has 0 spiro atoms. The van der Waals surface area contributed by atoms with Crippen LogP contribution in [0.3, 0.4) is 0 Å². The van der Waals surface area contributed by atoms with E-state index in [9.17, 15) is 4.79 Å². The zero-order valence-electron chi connectivity index (χ0n) is 12.3. The number of nitrogens with two attached hydrogens (primary N) is 1. The summed E-state index contributed by atoms with van der Waals surface area (Å²) in [6.45, 7) is 2.58. The first-order valence-electron chi connectivity index (χ1n) is 7.22. The summed E-state index contributed by atoms with van der Waals surface area (Å²) >= 11 is 0. The van der Waals surface area contributed by atoms with E-state index in [1.54, 1.807) is 7.11 Å². The third kappa shape index (κ3) is 3.12. The van der Waals surface area contributed by atoms with E-state index in [2.05, 4.69) is 5.32 Å². The van der Waals surface area contributed by atoms with Gasteiger partial charge in [0, 0.05) is 12.0 Å².